The zero-order chi connectivity index (χ0) is 19.5. The molecule has 28 heavy (non-hydrogen) atoms. The Morgan fingerprint density at radius 1 is 0.857 bits per heavy atom. The Balaban J connectivity index is 1.68. The average molecular weight is 371 g/mol. The van der Waals surface area contributed by atoms with Crippen molar-refractivity contribution in [2.45, 2.75) is 12.5 Å². The number of anilines is 1. The van der Waals surface area contributed by atoms with E-state index in [0.717, 1.165) is 10.5 Å². The van der Waals surface area contributed by atoms with Crippen LogP contribution in [-0.4, -0.2) is 33.6 Å². The van der Waals surface area contributed by atoms with E-state index in [1.54, 1.807) is 48.7 Å². The third-order valence-corrected chi connectivity index (χ3v) is 4.63. The van der Waals surface area contributed by atoms with Crippen LogP contribution in [0.15, 0.2) is 79.0 Å². The van der Waals surface area contributed by atoms with Crippen molar-refractivity contribution < 1.29 is 14.4 Å². The smallest absolute Gasteiger partial charge is 0.262 e. The highest BCUT2D eigenvalue weighted by Gasteiger charge is 2.42. The Morgan fingerprint density at radius 3 is 2.07 bits per heavy atom. The Morgan fingerprint density at radius 2 is 1.46 bits per heavy atom. The van der Waals surface area contributed by atoms with Crippen LogP contribution in [0.25, 0.3) is 0 Å². The van der Waals surface area contributed by atoms with E-state index in [1.807, 2.05) is 30.3 Å². The maximum absolute atomic E-state index is 13.0. The maximum Gasteiger partial charge on any atom is 0.262 e. The van der Waals surface area contributed by atoms with Crippen LogP contribution in [0.1, 0.15) is 26.3 Å². The molecular weight excluding hydrogens is 354 g/mol. The summed E-state index contributed by atoms with van der Waals surface area (Å²) in [7, 11) is 0. The number of imide groups is 1. The minimum absolute atomic E-state index is 0.213. The summed E-state index contributed by atoms with van der Waals surface area (Å²) in [4.78, 5) is 44.0. The van der Waals surface area contributed by atoms with Crippen LogP contribution in [0.5, 0.6) is 0 Å². The first-order chi connectivity index (χ1) is 13.6. The van der Waals surface area contributed by atoms with Gasteiger partial charge in [0.15, 0.2) is 0 Å². The van der Waals surface area contributed by atoms with E-state index in [9.17, 15) is 14.4 Å². The minimum atomic E-state index is -0.989. The number of carbonyl (C=O) groups excluding carboxylic acids is 3. The Labute approximate surface area is 161 Å². The number of hydrogen-bond acceptors (Lipinski definition) is 4. The van der Waals surface area contributed by atoms with Gasteiger partial charge >= 0.3 is 0 Å². The summed E-state index contributed by atoms with van der Waals surface area (Å²) in [5.41, 5.74) is 1.48. The molecule has 0 spiro atoms. The van der Waals surface area contributed by atoms with Gasteiger partial charge in [0, 0.05) is 12.6 Å². The lowest BCUT2D eigenvalue weighted by atomic mass is 10.0. The summed E-state index contributed by atoms with van der Waals surface area (Å²) >= 11 is 0. The molecule has 138 valence electrons. The van der Waals surface area contributed by atoms with E-state index in [4.69, 9.17) is 0 Å². The Bertz CT molecular complexity index is 1000. The summed E-state index contributed by atoms with van der Waals surface area (Å²) in [5, 5.41) is 2.71. The molecule has 0 radical (unpaired) electrons. The number of pyridine rings is 1. The van der Waals surface area contributed by atoms with Crippen molar-refractivity contribution in [3.05, 3.63) is 95.7 Å². The van der Waals surface area contributed by atoms with Crippen molar-refractivity contribution in [3.63, 3.8) is 0 Å². The van der Waals surface area contributed by atoms with Gasteiger partial charge in [-0.05, 0) is 29.8 Å². The molecule has 1 atom stereocenters. The first-order valence-electron chi connectivity index (χ1n) is 8.88. The number of fused-ring (bicyclic) bond motifs is 1. The highest BCUT2D eigenvalue weighted by molar-refractivity contribution is 6.23. The number of rotatable bonds is 5. The quantitative estimate of drug-likeness (QED) is 0.700. The third-order valence-electron chi connectivity index (χ3n) is 4.63. The molecule has 2 aromatic carbocycles. The fourth-order valence-corrected chi connectivity index (χ4v) is 3.28. The SMILES string of the molecule is O=C(Nc1ccccn1)C(Cc1ccccc1)N1C(=O)c2ccccc2C1=O. The predicted molar refractivity (Wildman–Crippen MR) is 104 cm³/mol. The van der Waals surface area contributed by atoms with E-state index in [0.29, 0.717) is 16.9 Å². The molecule has 3 amide bonds. The summed E-state index contributed by atoms with van der Waals surface area (Å²) < 4.78 is 0. The van der Waals surface area contributed by atoms with E-state index in [-0.39, 0.29) is 6.42 Å². The zero-order valence-corrected chi connectivity index (χ0v) is 14.9. The average Bonchev–Trinajstić information content (AvgIpc) is 2.98. The van der Waals surface area contributed by atoms with Crippen LogP contribution in [0, 0.1) is 0 Å². The molecule has 2 heterocycles. The molecule has 4 rings (SSSR count). The highest BCUT2D eigenvalue weighted by atomic mass is 16.2. The minimum Gasteiger partial charge on any atom is -0.309 e. The van der Waals surface area contributed by atoms with Gasteiger partial charge in [-0.15, -0.1) is 0 Å². The van der Waals surface area contributed by atoms with Gasteiger partial charge in [0.05, 0.1) is 11.1 Å². The van der Waals surface area contributed by atoms with Crippen molar-refractivity contribution >= 4 is 23.5 Å². The number of nitrogens with one attached hydrogen (secondary N) is 1. The van der Waals surface area contributed by atoms with Gasteiger partial charge in [0.2, 0.25) is 5.91 Å². The molecular formula is C22H17N3O3. The third kappa shape index (κ3) is 3.27. The second kappa shape index (κ2) is 7.44. The number of amides is 3. The maximum atomic E-state index is 13.0. The number of benzene rings is 2. The monoisotopic (exact) mass is 371 g/mol. The van der Waals surface area contributed by atoms with Crippen molar-refractivity contribution in [2.75, 3.05) is 5.32 Å². The fourth-order valence-electron chi connectivity index (χ4n) is 3.28. The number of carbonyl (C=O) groups is 3. The molecule has 0 saturated carbocycles. The fraction of sp³-hybridized carbons (Fsp3) is 0.0909. The molecule has 6 nitrogen and oxygen atoms in total. The first-order valence-corrected chi connectivity index (χ1v) is 8.88. The molecule has 0 bridgehead atoms. The standard InChI is InChI=1S/C22H17N3O3/c26-20(24-19-12-6-7-13-23-19)18(14-15-8-2-1-3-9-15)25-21(27)16-10-4-5-11-17(16)22(25)28/h1-13,18H,14H2,(H,23,24,26). The van der Waals surface area contributed by atoms with E-state index in [2.05, 4.69) is 10.3 Å². The summed E-state index contributed by atoms with van der Waals surface area (Å²) in [6, 6.07) is 20.1. The normalized spacial score (nSPS) is 13.9. The zero-order valence-electron chi connectivity index (χ0n) is 14.9. The van der Waals surface area contributed by atoms with E-state index in [1.165, 1.54) is 0 Å². The molecule has 3 aromatic rings. The van der Waals surface area contributed by atoms with Crippen LogP contribution in [-0.2, 0) is 11.2 Å². The van der Waals surface area contributed by atoms with Crippen LogP contribution in [0.2, 0.25) is 0 Å². The summed E-state index contributed by atoms with van der Waals surface area (Å²) in [6.07, 6.45) is 1.77. The lowest BCUT2D eigenvalue weighted by Gasteiger charge is -2.25. The topological polar surface area (TPSA) is 79.4 Å². The largest absolute Gasteiger partial charge is 0.309 e. The van der Waals surface area contributed by atoms with Crippen molar-refractivity contribution in [1.29, 1.82) is 0 Å². The molecule has 1 aliphatic rings. The van der Waals surface area contributed by atoms with Crippen LogP contribution in [0.4, 0.5) is 5.82 Å². The molecule has 1 aliphatic heterocycles. The van der Waals surface area contributed by atoms with Gasteiger partial charge in [-0.1, -0.05) is 48.5 Å². The predicted octanol–water partition coefficient (Wildman–Crippen LogP) is 2.93. The van der Waals surface area contributed by atoms with Gasteiger partial charge in [-0.2, -0.15) is 0 Å². The Kier molecular flexibility index (Phi) is 4.68. The Hall–Kier alpha value is -3.80. The van der Waals surface area contributed by atoms with Gasteiger partial charge in [-0.25, -0.2) is 4.98 Å². The van der Waals surface area contributed by atoms with E-state index >= 15 is 0 Å². The van der Waals surface area contributed by atoms with Gasteiger partial charge in [0.1, 0.15) is 11.9 Å². The lowest BCUT2D eigenvalue weighted by molar-refractivity contribution is -0.120. The molecule has 0 fully saturated rings. The van der Waals surface area contributed by atoms with Crippen LogP contribution < -0.4 is 5.32 Å². The summed E-state index contributed by atoms with van der Waals surface area (Å²) in [6.45, 7) is 0. The van der Waals surface area contributed by atoms with E-state index < -0.39 is 23.8 Å². The first kappa shape index (κ1) is 17.6. The van der Waals surface area contributed by atoms with Crippen molar-refractivity contribution in [3.8, 4) is 0 Å². The molecule has 1 aromatic heterocycles. The second-order valence-corrected chi connectivity index (χ2v) is 6.44. The lowest BCUT2D eigenvalue weighted by Crippen LogP contribution is -2.48. The second-order valence-electron chi connectivity index (χ2n) is 6.44. The molecule has 6 heteroatoms. The van der Waals surface area contributed by atoms with Gasteiger partial charge in [-0.3, -0.25) is 19.3 Å². The number of hydrogen-bond donors (Lipinski definition) is 1. The van der Waals surface area contributed by atoms with Crippen molar-refractivity contribution in [1.82, 2.24) is 9.88 Å². The molecule has 0 saturated heterocycles. The highest BCUT2D eigenvalue weighted by Crippen LogP contribution is 2.26. The van der Waals surface area contributed by atoms with Crippen LogP contribution >= 0.6 is 0 Å². The van der Waals surface area contributed by atoms with Gasteiger partial charge < -0.3 is 5.32 Å². The van der Waals surface area contributed by atoms with Crippen LogP contribution in [0.3, 0.4) is 0 Å². The number of aromatic nitrogens is 1. The molecule has 1 N–H and O–H groups in total. The van der Waals surface area contributed by atoms with Crippen molar-refractivity contribution in [2.24, 2.45) is 0 Å². The molecule has 1 unspecified atom stereocenters. The summed E-state index contributed by atoms with van der Waals surface area (Å²) in [5.74, 6) is -1.02. The van der Waals surface area contributed by atoms with Gasteiger partial charge in [0.25, 0.3) is 11.8 Å². The number of nitrogens with zero attached hydrogens (tertiary/aromatic N) is 2. The molecule has 0 aliphatic carbocycles.